The molecule has 1 aliphatic carbocycles. The summed E-state index contributed by atoms with van der Waals surface area (Å²) in [5, 5.41) is 0. The number of ether oxygens (including phenoxy) is 2. The van der Waals surface area contributed by atoms with Crippen molar-refractivity contribution in [3.05, 3.63) is 71.5 Å². The smallest absolute Gasteiger partial charge is 0.443 e. The Hall–Kier alpha value is -3.02. The SMILES string of the molecule is CC1=CCC=C(OC(=O)ONC(=O)OCc2ccccc2)C=C1. The highest BCUT2D eigenvalue weighted by Gasteiger charge is 2.11. The Morgan fingerprint density at radius 2 is 1.91 bits per heavy atom. The summed E-state index contributed by atoms with van der Waals surface area (Å²) in [6.45, 7) is 2.01. The standard InChI is InChI=1S/C17H17NO5/c1-13-6-5-9-15(11-10-13)22-17(20)23-18-16(19)21-12-14-7-3-2-4-8-14/h2-4,6-11H,5,12H2,1H3,(H,18,19). The molecule has 0 aliphatic heterocycles. The van der Waals surface area contributed by atoms with Gasteiger partial charge in [-0.15, -0.1) is 5.48 Å². The third-order valence-corrected chi connectivity index (χ3v) is 2.90. The quantitative estimate of drug-likeness (QED) is 0.679. The van der Waals surface area contributed by atoms with Crippen molar-refractivity contribution in [2.24, 2.45) is 0 Å². The Labute approximate surface area is 134 Å². The van der Waals surface area contributed by atoms with Crippen LogP contribution in [-0.2, 0) is 20.9 Å². The van der Waals surface area contributed by atoms with Gasteiger partial charge in [-0.1, -0.05) is 48.1 Å². The summed E-state index contributed by atoms with van der Waals surface area (Å²) in [4.78, 5) is 27.4. The van der Waals surface area contributed by atoms with Gasteiger partial charge in [-0.3, -0.25) is 0 Å². The predicted molar refractivity (Wildman–Crippen MR) is 82.9 cm³/mol. The van der Waals surface area contributed by atoms with Gasteiger partial charge in [0.15, 0.2) is 0 Å². The van der Waals surface area contributed by atoms with Crippen molar-refractivity contribution in [3.8, 4) is 0 Å². The van der Waals surface area contributed by atoms with Crippen LogP contribution in [-0.4, -0.2) is 12.2 Å². The van der Waals surface area contributed by atoms with Crippen LogP contribution >= 0.6 is 0 Å². The second-order valence-corrected chi connectivity index (χ2v) is 4.74. The zero-order valence-corrected chi connectivity index (χ0v) is 12.7. The molecular formula is C17H17NO5. The van der Waals surface area contributed by atoms with Crippen LogP contribution in [0.1, 0.15) is 18.9 Å². The topological polar surface area (TPSA) is 73.9 Å². The van der Waals surface area contributed by atoms with E-state index in [9.17, 15) is 9.59 Å². The van der Waals surface area contributed by atoms with Gasteiger partial charge in [0.1, 0.15) is 12.4 Å². The van der Waals surface area contributed by atoms with Gasteiger partial charge in [0, 0.05) is 0 Å². The molecule has 0 bridgehead atoms. The lowest BCUT2D eigenvalue weighted by Gasteiger charge is -2.07. The third-order valence-electron chi connectivity index (χ3n) is 2.90. The number of hydrogen-bond donors (Lipinski definition) is 1. The van der Waals surface area contributed by atoms with Crippen molar-refractivity contribution in [1.29, 1.82) is 0 Å². The molecule has 1 aromatic carbocycles. The molecule has 0 saturated carbocycles. The van der Waals surface area contributed by atoms with E-state index < -0.39 is 12.2 Å². The molecule has 6 heteroatoms. The van der Waals surface area contributed by atoms with Crippen molar-refractivity contribution in [1.82, 2.24) is 5.48 Å². The second kappa shape index (κ2) is 8.43. The van der Waals surface area contributed by atoms with Crippen LogP contribution in [0, 0.1) is 0 Å². The summed E-state index contributed by atoms with van der Waals surface area (Å²) in [7, 11) is 0. The average molecular weight is 315 g/mol. The summed E-state index contributed by atoms with van der Waals surface area (Å²) in [5.41, 5.74) is 3.75. The third kappa shape index (κ3) is 6.09. The number of benzene rings is 1. The summed E-state index contributed by atoms with van der Waals surface area (Å²) >= 11 is 0. The Kier molecular flexibility index (Phi) is 5.99. The van der Waals surface area contributed by atoms with Crippen LogP contribution in [0.2, 0.25) is 0 Å². The van der Waals surface area contributed by atoms with Crippen molar-refractivity contribution >= 4 is 12.2 Å². The van der Waals surface area contributed by atoms with Gasteiger partial charge in [-0.05, 0) is 31.1 Å². The van der Waals surface area contributed by atoms with Gasteiger partial charge in [0.25, 0.3) is 0 Å². The summed E-state index contributed by atoms with van der Waals surface area (Å²) < 4.78 is 9.83. The van der Waals surface area contributed by atoms with Crippen molar-refractivity contribution in [2.75, 3.05) is 0 Å². The number of carbonyl (C=O) groups is 2. The maximum Gasteiger partial charge on any atom is 0.539 e. The molecule has 23 heavy (non-hydrogen) atoms. The molecule has 1 N–H and O–H groups in total. The zero-order chi connectivity index (χ0) is 16.5. The molecule has 120 valence electrons. The Bertz CT molecular complexity index is 646. The van der Waals surface area contributed by atoms with E-state index in [0.29, 0.717) is 12.2 Å². The van der Waals surface area contributed by atoms with E-state index in [1.54, 1.807) is 12.2 Å². The van der Waals surface area contributed by atoms with E-state index in [-0.39, 0.29) is 6.61 Å². The molecule has 0 saturated heterocycles. The van der Waals surface area contributed by atoms with Gasteiger partial charge in [-0.25, -0.2) is 9.59 Å². The first kappa shape index (κ1) is 16.4. The molecular weight excluding hydrogens is 298 g/mol. The summed E-state index contributed by atoms with van der Waals surface area (Å²) in [6, 6.07) is 9.13. The van der Waals surface area contributed by atoms with E-state index in [0.717, 1.165) is 11.1 Å². The molecule has 2 rings (SSSR count). The second-order valence-electron chi connectivity index (χ2n) is 4.74. The van der Waals surface area contributed by atoms with E-state index in [1.807, 2.05) is 54.9 Å². The average Bonchev–Trinajstić information content (AvgIpc) is 2.76. The number of amides is 1. The van der Waals surface area contributed by atoms with Gasteiger partial charge in [-0.2, -0.15) is 0 Å². The summed E-state index contributed by atoms with van der Waals surface area (Å²) in [5.74, 6) is 0.350. The van der Waals surface area contributed by atoms with Crippen molar-refractivity contribution in [3.63, 3.8) is 0 Å². The highest BCUT2D eigenvalue weighted by Crippen LogP contribution is 2.11. The number of hydroxylamine groups is 1. The zero-order valence-electron chi connectivity index (χ0n) is 12.7. The maximum absolute atomic E-state index is 11.5. The van der Waals surface area contributed by atoms with Gasteiger partial charge >= 0.3 is 12.2 Å². The molecule has 0 heterocycles. The van der Waals surface area contributed by atoms with Gasteiger partial charge in [0.2, 0.25) is 0 Å². The lowest BCUT2D eigenvalue weighted by Crippen LogP contribution is -2.27. The molecule has 1 amide bonds. The fourth-order valence-corrected chi connectivity index (χ4v) is 1.74. The van der Waals surface area contributed by atoms with E-state index in [4.69, 9.17) is 9.47 Å². The molecule has 0 radical (unpaired) electrons. The minimum Gasteiger partial charge on any atom is -0.443 e. The number of nitrogens with one attached hydrogen (secondary N) is 1. The lowest BCUT2D eigenvalue weighted by atomic mass is 10.2. The highest BCUT2D eigenvalue weighted by atomic mass is 16.8. The minimum atomic E-state index is -1.04. The van der Waals surface area contributed by atoms with E-state index in [2.05, 4.69) is 4.84 Å². The number of carbonyl (C=O) groups excluding carboxylic acids is 2. The highest BCUT2D eigenvalue weighted by molar-refractivity contribution is 5.69. The number of rotatable bonds is 3. The van der Waals surface area contributed by atoms with E-state index >= 15 is 0 Å². The lowest BCUT2D eigenvalue weighted by molar-refractivity contribution is 0.0251. The molecule has 1 aliphatic rings. The van der Waals surface area contributed by atoms with Crippen LogP contribution in [0.5, 0.6) is 0 Å². The molecule has 0 spiro atoms. The molecule has 1 aromatic rings. The monoisotopic (exact) mass is 315 g/mol. The minimum absolute atomic E-state index is 0.0733. The van der Waals surface area contributed by atoms with Crippen molar-refractivity contribution < 1.29 is 23.9 Å². The first-order chi connectivity index (χ1) is 11.1. The Balaban J connectivity index is 1.69. The maximum atomic E-state index is 11.5. The van der Waals surface area contributed by atoms with Crippen LogP contribution in [0.4, 0.5) is 9.59 Å². The molecule has 0 atom stereocenters. The molecule has 0 aromatic heterocycles. The molecule has 6 nitrogen and oxygen atoms in total. The van der Waals surface area contributed by atoms with Crippen LogP contribution in [0.15, 0.2) is 66.0 Å². The number of allylic oxidation sites excluding steroid dienone is 5. The predicted octanol–water partition coefficient (Wildman–Crippen LogP) is 3.77. The normalized spacial score (nSPS) is 13.3. The molecule has 0 unspecified atom stereocenters. The first-order valence-electron chi connectivity index (χ1n) is 7.04. The van der Waals surface area contributed by atoms with Gasteiger partial charge in [0.05, 0.1) is 0 Å². The molecule has 0 fully saturated rings. The van der Waals surface area contributed by atoms with E-state index in [1.165, 1.54) is 0 Å². The van der Waals surface area contributed by atoms with Crippen molar-refractivity contribution in [2.45, 2.75) is 20.0 Å². The Morgan fingerprint density at radius 3 is 2.70 bits per heavy atom. The van der Waals surface area contributed by atoms with Crippen LogP contribution in [0.25, 0.3) is 0 Å². The fraction of sp³-hybridized carbons (Fsp3) is 0.176. The van der Waals surface area contributed by atoms with Crippen LogP contribution in [0.3, 0.4) is 0 Å². The number of hydrogen-bond acceptors (Lipinski definition) is 5. The Morgan fingerprint density at radius 1 is 1.13 bits per heavy atom. The van der Waals surface area contributed by atoms with Crippen LogP contribution < -0.4 is 5.48 Å². The first-order valence-corrected chi connectivity index (χ1v) is 7.04. The summed E-state index contributed by atoms with van der Waals surface area (Å²) in [6.07, 6.45) is 5.89. The largest absolute Gasteiger partial charge is 0.539 e. The van der Waals surface area contributed by atoms with Gasteiger partial charge < -0.3 is 14.3 Å². The fourth-order valence-electron chi connectivity index (χ4n) is 1.74.